The van der Waals surface area contributed by atoms with Crippen LogP contribution in [0.25, 0.3) is 0 Å². The molecule has 1 fully saturated rings. The van der Waals surface area contributed by atoms with Gasteiger partial charge in [0.25, 0.3) is 0 Å². The molecular weight excluding hydrogens is 210 g/mol. The Kier molecular flexibility index (Phi) is 3.95. The van der Waals surface area contributed by atoms with Crippen LogP contribution in [-0.4, -0.2) is 12.3 Å². The van der Waals surface area contributed by atoms with Crippen LogP contribution in [0.15, 0.2) is 30.3 Å². The van der Waals surface area contributed by atoms with Crippen molar-refractivity contribution in [3.63, 3.8) is 0 Å². The molecule has 2 heteroatoms. The minimum atomic E-state index is -0.405. The van der Waals surface area contributed by atoms with E-state index in [4.69, 9.17) is 5.73 Å². The first-order valence-corrected chi connectivity index (χ1v) is 6.53. The second kappa shape index (κ2) is 5.46. The Morgan fingerprint density at radius 1 is 1.06 bits per heavy atom. The van der Waals surface area contributed by atoms with Crippen LogP contribution in [0.1, 0.15) is 48.9 Å². The van der Waals surface area contributed by atoms with Crippen LogP contribution in [0.2, 0.25) is 0 Å². The number of benzene rings is 1. The van der Waals surface area contributed by atoms with E-state index in [9.17, 15) is 4.79 Å². The maximum atomic E-state index is 12.6. The molecule has 1 saturated carbocycles. The quantitative estimate of drug-likeness (QED) is 0.578. The Balaban J connectivity index is 2.25. The predicted molar refractivity (Wildman–Crippen MR) is 68.9 cm³/mol. The molecule has 1 N–H and O–H groups in total. The number of ketones is 1. The average Bonchev–Trinajstić information content (AvgIpc) is 2.65. The third-order valence-corrected chi connectivity index (χ3v) is 3.92. The van der Waals surface area contributed by atoms with Gasteiger partial charge in [-0.1, -0.05) is 56.0 Å². The van der Waals surface area contributed by atoms with Gasteiger partial charge >= 0.3 is 0 Å². The third kappa shape index (κ3) is 2.58. The predicted octanol–water partition coefficient (Wildman–Crippen LogP) is 3.49. The Hall–Kier alpha value is -1.15. The minimum absolute atomic E-state index is 0.190. The van der Waals surface area contributed by atoms with Gasteiger partial charge in [-0.15, -0.1) is 0 Å². The summed E-state index contributed by atoms with van der Waals surface area (Å²) in [6.45, 7) is 0.237. The van der Waals surface area contributed by atoms with Crippen LogP contribution >= 0.6 is 0 Å². The maximum absolute atomic E-state index is 12.6. The number of hydrogen-bond acceptors (Lipinski definition) is 1. The van der Waals surface area contributed by atoms with Gasteiger partial charge in [0.1, 0.15) is 0 Å². The van der Waals surface area contributed by atoms with E-state index in [1.54, 1.807) is 0 Å². The van der Waals surface area contributed by atoms with Crippen molar-refractivity contribution < 1.29 is 4.79 Å². The fourth-order valence-electron chi connectivity index (χ4n) is 2.79. The number of carbonyl (C=O) groups is 1. The molecule has 1 radical (unpaired) electrons. The number of rotatable bonds is 3. The van der Waals surface area contributed by atoms with E-state index >= 15 is 0 Å². The molecule has 0 saturated heterocycles. The van der Waals surface area contributed by atoms with Gasteiger partial charge in [0, 0.05) is 17.5 Å². The summed E-state index contributed by atoms with van der Waals surface area (Å²) >= 11 is 0. The highest BCUT2D eigenvalue weighted by Gasteiger charge is 2.37. The van der Waals surface area contributed by atoms with Crippen LogP contribution in [-0.2, 0) is 0 Å². The molecule has 0 spiro atoms. The fraction of sp³-hybridized carbons (Fsp3) is 0.533. The minimum Gasteiger partial charge on any atom is -0.294 e. The highest BCUT2D eigenvalue weighted by molar-refractivity contribution is 6.00. The van der Waals surface area contributed by atoms with Gasteiger partial charge in [-0.05, 0) is 12.8 Å². The topological polar surface area (TPSA) is 40.9 Å². The first-order valence-electron chi connectivity index (χ1n) is 6.53. The van der Waals surface area contributed by atoms with E-state index in [0.29, 0.717) is 0 Å². The second-order valence-electron chi connectivity index (χ2n) is 5.07. The summed E-state index contributed by atoms with van der Waals surface area (Å²) in [5, 5.41) is 0. The molecule has 1 aromatic rings. The zero-order valence-electron chi connectivity index (χ0n) is 10.2. The lowest BCUT2D eigenvalue weighted by Crippen LogP contribution is -2.35. The SMILES string of the molecule is [NH]CC1(C(=O)c2ccccc2)CCCCCC1. The van der Waals surface area contributed by atoms with Gasteiger partial charge in [0.05, 0.1) is 0 Å². The van der Waals surface area contributed by atoms with Crippen molar-refractivity contribution in [1.82, 2.24) is 5.73 Å². The van der Waals surface area contributed by atoms with Crippen molar-refractivity contribution >= 4 is 5.78 Å². The van der Waals surface area contributed by atoms with Gasteiger partial charge in [-0.3, -0.25) is 10.5 Å². The molecule has 1 aromatic carbocycles. The molecule has 0 unspecified atom stereocenters. The van der Waals surface area contributed by atoms with Crippen LogP contribution < -0.4 is 5.73 Å². The molecule has 1 aliphatic carbocycles. The average molecular weight is 230 g/mol. The van der Waals surface area contributed by atoms with E-state index < -0.39 is 5.41 Å². The van der Waals surface area contributed by atoms with Gasteiger partial charge in [0.2, 0.25) is 0 Å². The number of hydrogen-bond donors (Lipinski definition) is 0. The second-order valence-corrected chi connectivity index (χ2v) is 5.07. The van der Waals surface area contributed by atoms with Crippen LogP contribution in [0, 0.1) is 5.41 Å². The molecule has 2 nitrogen and oxygen atoms in total. The van der Waals surface area contributed by atoms with Gasteiger partial charge in [-0.2, -0.15) is 0 Å². The van der Waals surface area contributed by atoms with Crippen molar-refractivity contribution in [3.8, 4) is 0 Å². The fourth-order valence-corrected chi connectivity index (χ4v) is 2.79. The molecule has 0 aromatic heterocycles. The summed E-state index contributed by atoms with van der Waals surface area (Å²) in [7, 11) is 0. The lowest BCUT2D eigenvalue weighted by Gasteiger charge is -2.29. The van der Waals surface area contributed by atoms with Crippen molar-refractivity contribution in [2.45, 2.75) is 38.5 Å². The first-order chi connectivity index (χ1) is 8.28. The standard InChI is InChI=1S/C15H20NO/c16-12-15(10-6-1-2-7-11-15)14(17)13-8-4-3-5-9-13/h3-5,8-9,16H,1-2,6-7,10-12H2. The molecule has 91 valence electrons. The summed E-state index contributed by atoms with van der Waals surface area (Å²) in [6, 6.07) is 9.50. The van der Waals surface area contributed by atoms with E-state index in [2.05, 4.69) is 0 Å². The third-order valence-electron chi connectivity index (χ3n) is 3.92. The van der Waals surface area contributed by atoms with Gasteiger partial charge in [-0.25, -0.2) is 0 Å². The maximum Gasteiger partial charge on any atom is 0.170 e. The Labute approximate surface area is 103 Å². The molecule has 0 amide bonds. The zero-order chi connectivity index (χ0) is 12.1. The number of nitrogens with one attached hydrogen (secondary N) is 1. The Morgan fingerprint density at radius 3 is 2.18 bits per heavy atom. The Bertz CT molecular complexity index is 364. The van der Waals surface area contributed by atoms with E-state index in [-0.39, 0.29) is 12.3 Å². The molecule has 0 aliphatic heterocycles. The smallest absolute Gasteiger partial charge is 0.170 e. The van der Waals surface area contributed by atoms with Crippen molar-refractivity contribution in [3.05, 3.63) is 35.9 Å². The number of carbonyl (C=O) groups excluding carboxylic acids is 1. The summed E-state index contributed by atoms with van der Waals surface area (Å²) in [4.78, 5) is 12.6. The van der Waals surface area contributed by atoms with Crippen LogP contribution in [0.4, 0.5) is 0 Å². The zero-order valence-corrected chi connectivity index (χ0v) is 10.2. The van der Waals surface area contributed by atoms with Gasteiger partial charge in [0.15, 0.2) is 5.78 Å². The summed E-state index contributed by atoms with van der Waals surface area (Å²) < 4.78 is 0. The molecule has 1 aliphatic rings. The van der Waals surface area contributed by atoms with E-state index in [1.807, 2.05) is 30.3 Å². The normalized spacial score (nSPS) is 19.6. The molecule has 17 heavy (non-hydrogen) atoms. The lowest BCUT2D eigenvalue weighted by molar-refractivity contribution is 0.0771. The largest absolute Gasteiger partial charge is 0.294 e. The van der Waals surface area contributed by atoms with Crippen molar-refractivity contribution in [1.29, 1.82) is 0 Å². The molecule has 0 heterocycles. The van der Waals surface area contributed by atoms with E-state index in [0.717, 1.165) is 31.2 Å². The van der Waals surface area contributed by atoms with Crippen LogP contribution in [0.3, 0.4) is 0 Å². The first kappa shape index (κ1) is 12.3. The van der Waals surface area contributed by atoms with Gasteiger partial charge < -0.3 is 0 Å². The molecular formula is C15H20NO. The molecule has 0 bridgehead atoms. The molecule has 0 atom stereocenters. The highest BCUT2D eigenvalue weighted by atomic mass is 16.1. The lowest BCUT2D eigenvalue weighted by atomic mass is 9.74. The summed E-state index contributed by atoms with van der Waals surface area (Å²) in [6.07, 6.45) is 6.40. The number of Topliss-reactive ketones (excluding diaryl/α,β-unsaturated/α-hetero) is 1. The summed E-state index contributed by atoms with van der Waals surface area (Å²) in [5.74, 6) is 0.190. The van der Waals surface area contributed by atoms with E-state index in [1.165, 1.54) is 12.8 Å². The van der Waals surface area contributed by atoms with Crippen molar-refractivity contribution in [2.75, 3.05) is 6.54 Å². The van der Waals surface area contributed by atoms with Crippen LogP contribution in [0.5, 0.6) is 0 Å². The molecule has 2 rings (SSSR count). The highest BCUT2D eigenvalue weighted by Crippen LogP contribution is 2.37. The Morgan fingerprint density at radius 2 is 1.65 bits per heavy atom. The monoisotopic (exact) mass is 230 g/mol. The summed E-state index contributed by atoms with van der Waals surface area (Å²) in [5.41, 5.74) is 8.18. The van der Waals surface area contributed by atoms with Crippen molar-refractivity contribution in [2.24, 2.45) is 5.41 Å².